The van der Waals surface area contributed by atoms with E-state index in [2.05, 4.69) is 13.8 Å². The second-order valence-corrected chi connectivity index (χ2v) is 7.38. The summed E-state index contributed by atoms with van der Waals surface area (Å²) < 4.78 is 10.6. The molecule has 0 aromatic heterocycles. The average molecular weight is 460 g/mol. The molecule has 0 aliphatic rings. The van der Waals surface area contributed by atoms with Gasteiger partial charge in [0.05, 0.1) is 0 Å². The molecule has 0 fully saturated rings. The quantitative estimate of drug-likeness (QED) is 0.138. The van der Waals surface area contributed by atoms with E-state index in [1.54, 1.807) is 0 Å². The second-order valence-electron chi connectivity index (χ2n) is 6.22. The van der Waals surface area contributed by atoms with Crippen LogP contribution in [0.2, 0.25) is 0 Å². The first-order valence-corrected chi connectivity index (χ1v) is 12.5. The van der Waals surface area contributed by atoms with Gasteiger partial charge in [0.1, 0.15) is 39.4 Å². The van der Waals surface area contributed by atoms with Crippen LogP contribution in [0, 0.1) is 10.4 Å². The van der Waals surface area contributed by atoms with Gasteiger partial charge in [0.15, 0.2) is 0 Å². The molecule has 0 bridgehead atoms. The van der Waals surface area contributed by atoms with Gasteiger partial charge < -0.3 is 10.4 Å². The molecule has 0 aliphatic heterocycles. The Morgan fingerprint density at radius 2 is 0.897 bits per heavy atom. The molecule has 0 aromatic rings. The largest absolute Gasteiger partial charge is 0.598 e. The van der Waals surface area contributed by atoms with Crippen LogP contribution >= 0.6 is 0 Å². The molecule has 0 aromatic carbocycles. The van der Waals surface area contributed by atoms with E-state index in [0.29, 0.717) is 39.4 Å². The molecule has 9 heteroatoms. The van der Waals surface area contributed by atoms with Crippen molar-refractivity contribution in [1.82, 2.24) is 0 Å². The third kappa shape index (κ3) is 24.5. The van der Waals surface area contributed by atoms with Crippen molar-refractivity contribution in [1.29, 1.82) is 0 Å². The molecule has 0 rings (SSSR count). The minimum Gasteiger partial charge on any atom is -0.598 e. The zero-order valence-corrected chi connectivity index (χ0v) is 21.9. The number of quaternary nitrogens is 2. The molecular weight excluding hydrogens is 412 g/mol. The molecule has 0 spiro atoms. The Morgan fingerprint density at radius 1 is 0.586 bits per heavy atom. The summed E-state index contributed by atoms with van der Waals surface area (Å²) in [7, 11) is 0. The van der Waals surface area contributed by atoms with Gasteiger partial charge in [-0.3, -0.25) is 0 Å². The SMILES string of the molecule is CCCC[O][Ti][O]CCCC.CCO[N+]([O-])(CC)CC.CCO[N+]([O-])(CC)CC. The van der Waals surface area contributed by atoms with Crippen molar-refractivity contribution in [2.45, 2.75) is 81.1 Å². The van der Waals surface area contributed by atoms with Crippen LogP contribution in [0.25, 0.3) is 0 Å². The van der Waals surface area contributed by atoms with E-state index in [1.165, 1.54) is 25.7 Å². The summed E-state index contributed by atoms with van der Waals surface area (Å²) in [5.41, 5.74) is 0. The van der Waals surface area contributed by atoms with Gasteiger partial charge in [-0.2, -0.15) is 0 Å². The molecule has 0 heterocycles. The van der Waals surface area contributed by atoms with Crippen LogP contribution < -0.4 is 0 Å². The monoisotopic (exact) mass is 460 g/mol. The minimum absolute atomic E-state index is 0.490. The molecule has 0 unspecified atom stereocenters. The van der Waals surface area contributed by atoms with Gasteiger partial charge in [-0.25, -0.2) is 19.3 Å². The zero-order chi connectivity index (χ0) is 23.0. The Kier molecular flexibility index (Phi) is 28.9. The first-order valence-electron chi connectivity index (χ1n) is 11.2. The maximum atomic E-state index is 11.2. The third-order valence-electron chi connectivity index (χ3n) is 3.97. The molecule has 0 aliphatic carbocycles. The fourth-order valence-electron chi connectivity index (χ4n) is 1.84. The number of nitrogens with zero attached hydrogens (tertiary/aromatic N) is 2. The minimum atomic E-state index is -0.519. The summed E-state index contributed by atoms with van der Waals surface area (Å²) in [6.45, 7) is 20.0. The molecular formula is C20H48N2O6Ti. The molecule has 29 heavy (non-hydrogen) atoms. The van der Waals surface area contributed by atoms with Gasteiger partial charge in [0.2, 0.25) is 0 Å². The molecule has 0 atom stereocenters. The Labute approximate surface area is 189 Å². The Balaban J connectivity index is -0.000000352. The number of hydroxylamine groups is 8. The van der Waals surface area contributed by atoms with Crippen molar-refractivity contribution < 1.29 is 45.9 Å². The average Bonchev–Trinajstić information content (AvgIpc) is 2.74. The van der Waals surface area contributed by atoms with Crippen molar-refractivity contribution >= 4 is 0 Å². The first kappa shape index (κ1) is 34.0. The molecule has 0 radical (unpaired) electrons. The van der Waals surface area contributed by atoms with E-state index >= 15 is 0 Å². The van der Waals surface area contributed by atoms with E-state index in [0.717, 1.165) is 13.2 Å². The van der Waals surface area contributed by atoms with Crippen LogP contribution in [0.15, 0.2) is 0 Å². The van der Waals surface area contributed by atoms with E-state index in [-0.39, 0.29) is 0 Å². The van der Waals surface area contributed by atoms with Gasteiger partial charge >= 0.3 is 79.3 Å². The Morgan fingerprint density at radius 3 is 1.07 bits per heavy atom. The van der Waals surface area contributed by atoms with Crippen LogP contribution in [0.4, 0.5) is 0 Å². The van der Waals surface area contributed by atoms with Crippen LogP contribution in [0.3, 0.4) is 0 Å². The molecule has 178 valence electrons. The van der Waals surface area contributed by atoms with Gasteiger partial charge in [-0.15, -0.1) is 0 Å². The normalized spacial score (nSPS) is 11.2. The number of unbranched alkanes of at least 4 members (excludes halogenated alkanes) is 2. The molecule has 0 saturated carbocycles. The predicted octanol–water partition coefficient (Wildman–Crippen LogP) is 5.12. The maximum absolute atomic E-state index is 11.2. The van der Waals surface area contributed by atoms with Crippen LogP contribution in [-0.2, 0) is 36.2 Å². The van der Waals surface area contributed by atoms with Crippen LogP contribution in [0.1, 0.15) is 81.1 Å². The molecule has 0 amide bonds. The second kappa shape index (κ2) is 24.7. The standard InChI is InChI=1S/2C6H15NO2.2C4H9O.Ti/c2*1-4-7(8,5-2)9-6-3;2*1-2-3-4-5;/h2*4-6H2,1-3H3;2*2-4H2,1H3;/q;;2*-1;+2. The van der Waals surface area contributed by atoms with Gasteiger partial charge in [-0.05, 0) is 41.5 Å². The third-order valence-corrected chi connectivity index (χ3v) is 4.98. The molecule has 0 saturated heterocycles. The van der Waals surface area contributed by atoms with E-state index in [1.807, 2.05) is 41.5 Å². The Hall–Kier alpha value is 0.394. The van der Waals surface area contributed by atoms with Crippen LogP contribution in [0.5, 0.6) is 0 Å². The maximum Gasteiger partial charge on any atom is 0.106 e. The summed E-state index contributed by atoms with van der Waals surface area (Å²) in [5.74, 6) is 0. The Bertz CT molecular complexity index is 279. The van der Waals surface area contributed by atoms with Gasteiger partial charge in [0, 0.05) is 0 Å². The van der Waals surface area contributed by atoms with Crippen LogP contribution in [-0.4, -0.2) is 62.2 Å². The van der Waals surface area contributed by atoms with Gasteiger partial charge in [-0.1, -0.05) is 0 Å². The first-order chi connectivity index (χ1) is 13.8. The fraction of sp³-hybridized carbons (Fsp3) is 1.00. The summed E-state index contributed by atoms with van der Waals surface area (Å²) in [6, 6.07) is 0. The summed E-state index contributed by atoms with van der Waals surface area (Å²) in [5, 5.41) is 22.3. The topological polar surface area (TPSA) is 83.0 Å². The number of hydrogen-bond donors (Lipinski definition) is 0. The van der Waals surface area contributed by atoms with Crippen molar-refractivity contribution in [2.75, 3.05) is 52.6 Å². The van der Waals surface area contributed by atoms with Crippen molar-refractivity contribution in [3.05, 3.63) is 10.4 Å². The number of rotatable bonds is 16. The summed E-state index contributed by atoms with van der Waals surface area (Å²) in [6.07, 6.45) is 4.75. The van der Waals surface area contributed by atoms with Crippen molar-refractivity contribution in [3.63, 3.8) is 0 Å². The van der Waals surface area contributed by atoms with E-state index in [4.69, 9.17) is 16.3 Å². The predicted molar refractivity (Wildman–Crippen MR) is 114 cm³/mol. The fourth-order valence-corrected chi connectivity index (χ4v) is 2.68. The van der Waals surface area contributed by atoms with Gasteiger partial charge in [0.25, 0.3) is 0 Å². The van der Waals surface area contributed by atoms with E-state index in [9.17, 15) is 10.4 Å². The van der Waals surface area contributed by atoms with Crippen molar-refractivity contribution in [3.8, 4) is 0 Å². The molecule has 8 nitrogen and oxygen atoms in total. The summed E-state index contributed by atoms with van der Waals surface area (Å²) in [4.78, 5) is 8.78. The number of hydrogen-bond acceptors (Lipinski definition) is 6. The zero-order valence-electron chi connectivity index (χ0n) is 20.3. The van der Waals surface area contributed by atoms with Crippen molar-refractivity contribution in [2.24, 2.45) is 0 Å². The molecule has 0 N–H and O–H groups in total. The smallest absolute Gasteiger partial charge is 0.106 e. The van der Waals surface area contributed by atoms with E-state index < -0.39 is 29.5 Å². The summed E-state index contributed by atoms with van der Waals surface area (Å²) >= 11 is -0.519.